The zero-order chi connectivity index (χ0) is 28.9. The number of hydrogen-bond acceptors (Lipinski definition) is 6. The van der Waals surface area contributed by atoms with E-state index in [0.717, 1.165) is 77.2 Å². The summed E-state index contributed by atoms with van der Waals surface area (Å²) in [6, 6.07) is 21.1. The third-order valence-corrected chi connectivity index (χ3v) is 8.70. The van der Waals surface area contributed by atoms with E-state index < -0.39 is 5.97 Å². The van der Waals surface area contributed by atoms with Crippen molar-refractivity contribution >= 4 is 12.0 Å². The molecule has 0 saturated carbocycles. The first-order valence-electron chi connectivity index (χ1n) is 14.9. The minimum Gasteiger partial charge on any atom is -0.478 e. The van der Waals surface area contributed by atoms with E-state index in [1.807, 2.05) is 24.4 Å². The summed E-state index contributed by atoms with van der Waals surface area (Å²) in [4.78, 5) is 36.0. The molecule has 1 unspecified atom stereocenters. The molecule has 0 spiro atoms. The van der Waals surface area contributed by atoms with Crippen LogP contribution >= 0.6 is 0 Å². The first-order chi connectivity index (χ1) is 20.5. The molecule has 3 aromatic rings. The van der Waals surface area contributed by atoms with Crippen molar-refractivity contribution in [3.05, 3.63) is 89.6 Å². The van der Waals surface area contributed by atoms with Crippen molar-refractivity contribution in [2.75, 3.05) is 39.4 Å². The average molecular weight is 571 g/mol. The fourth-order valence-corrected chi connectivity index (χ4v) is 6.38. The van der Waals surface area contributed by atoms with Crippen molar-refractivity contribution in [3.8, 4) is 11.6 Å². The lowest BCUT2D eigenvalue weighted by Gasteiger charge is -2.39. The number of likely N-dealkylation sites (tertiary alicyclic amines) is 1. The molecule has 3 saturated heterocycles. The Morgan fingerprint density at radius 1 is 0.952 bits per heavy atom. The molecule has 1 aromatic heterocycles. The van der Waals surface area contributed by atoms with E-state index in [0.29, 0.717) is 17.5 Å². The van der Waals surface area contributed by atoms with Crippen LogP contribution in [0, 0.1) is 5.92 Å². The molecule has 3 fully saturated rings. The van der Waals surface area contributed by atoms with Gasteiger partial charge in [-0.1, -0.05) is 36.4 Å². The first-order valence-corrected chi connectivity index (χ1v) is 14.9. The van der Waals surface area contributed by atoms with Gasteiger partial charge < -0.3 is 24.4 Å². The Bertz CT molecular complexity index is 1340. The number of nitrogens with zero attached hydrogens (tertiary/aromatic N) is 4. The second kappa shape index (κ2) is 12.9. The molecule has 1 atom stereocenters. The third-order valence-electron chi connectivity index (χ3n) is 8.70. The molecule has 3 aliphatic heterocycles. The standard InChI is InChI=1S/C33H38N4O5/c38-32(39)27-7-9-29(10-8-27)42-31-11-6-25(20-34-31)21-35-16-12-28(13-17-35)37-30(26-4-2-1-3-5-26)23-36(33(37)40)22-24-14-18-41-19-15-24/h1-11,20,24,28,30H,12-19,21-23H2,(H,38,39). The van der Waals surface area contributed by atoms with Crippen molar-refractivity contribution in [2.45, 2.75) is 44.3 Å². The van der Waals surface area contributed by atoms with Gasteiger partial charge in [0.05, 0.1) is 11.6 Å². The van der Waals surface area contributed by atoms with Crippen molar-refractivity contribution in [1.82, 2.24) is 19.7 Å². The molecule has 0 aliphatic carbocycles. The van der Waals surface area contributed by atoms with Crippen molar-refractivity contribution < 1.29 is 24.2 Å². The van der Waals surface area contributed by atoms with Crippen LogP contribution in [0.25, 0.3) is 0 Å². The Morgan fingerprint density at radius 3 is 2.36 bits per heavy atom. The molecule has 9 heteroatoms. The molecule has 6 rings (SSSR count). The Kier molecular flexibility index (Phi) is 8.67. The van der Waals surface area contributed by atoms with Crippen molar-refractivity contribution in [2.24, 2.45) is 5.92 Å². The number of carboxylic acid groups (broad SMARTS) is 1. The number of urea groups is 1. The van der Waals surface area contributed by atoms with E-state index in [9.17, 15) is 9.59 Å². The van der Waals surface area contributed by atoms with Gasteiger partial charge in [0.15, 0.2) is 0 Å². The fourth-order valence-electron chi connectivity index (χ4n) is 6.38. The summed E-state index contributed by atoms with van der Waals surface area (Å²) in [5.41, 5.74) is 2.53. The first kappa shape index (κ1) is 28.2. The Labute approximate surface area is 246 Å². The van der Waals surface area contributed by atoms with Crippen LogP contribution < -0.4 is 4.74 Å². The van der Waals surface area contributed by atoms with E-state index in [4.69, 9.17) is 14.6 Å². The largest absolute Gasteiger partial charge is 0.478 e. The summed E-state index contributed by atoms with van der Waals surface area (Å²) in [6.45, 7) is 5.80. The normalized spacial score (nSPS) is 20.7. The van der Waals surface area contributed by atoms with Crippen LogP contribution in [-0.2, 0) is 11.3 Å². The van der Waals surface area contributed by atoms with Crippen molar-refractivity contribution in [3.63, 3.8) is 0 Å². The molecule has 2 amide bonds. The average Bonchev–Trinajstić information content (AvgIpc) is 3.35. The monoisotopic (exact) mass is 570 g/mol. The van der Waals surface area contributed by atoms with Gasteiger partial charge in [0.1, 0.15) is 5.75 Å². The Hall–Kier alpha value is -3.95. The second-order valence-corrected chi connectivity index (χ2v) is 11.5. The molecule has 220 valence electrons. The summed E-state index contributed by atoms with van der Waals surface area (Å²) in [6.07, 6.45) is 5.78. The van der Waals surface area contributed by atoms with Crippen LogP contribution in [-0.4, -0.2) is 82.2 Å². The number of rotatable bonds is 9. The highest BCUT2D eigenvalue weighted by molar-refractivity contribution is 5.87. The van der Waals surface area contributed by atoms with E-state index in [1.165, 1.54) is 17.7 Å². The second-order valence-electron chi connectivity index (χ2n) is 11.5. The maximum atomic E-state index is 13.8. The lowest BCUT2D eigenvalue weighted by Crippen LogP contribution is -2.47. The number of benzene rings is 2. The number of carboxylic acids is 1. The molecule has 42 heavy (non-hydrogen) atoms. The maximum Gasteiger partial charge on any atom is 0.335 e. The topological polar surface area (TPSA) is 95.4 Å². The van der Waals surface area contributed by atoms with Crippen LogP contribution in [0.4, 0.5) is 4.79 Å². The van der Waals surface area contributed by atoms with Gasteiger partial charge in [0, 0.05) is 64.2 Å². The number of aromatic nitrogens is 1. The summed E-state index contributed by atoms with van der Waals surface area (Å²) < 4.78 is 11.3. The molecule has 4 heterocycles. The zero-order valence-corrected chi connectivity index (χ0v) is 23.8. The van der Waals surface area contributed by atoms with E-state index in [1.54, 1.807) is 12.1 Å². The molecule has 2 aromatic carbocycles. The van der Waals surface area contributed by atoms with Crippen LogP contribution in [0.2, 0.25) is 0 Å². The summed E-state index contributed by atoms with van der Waals surface area (Å²) >= 11 is 0. The number of pyridine rings is 1. The molecular weight excluding hydrogens is 532 g/mol. The smallest absolute Gasteiger partial charge is 0.335 e. The van der Waals surface area contributed by atoms with Crippen molar-refractivity contribution in [1.29, 1.82) is 0 Å². The van der Waals surface area contributed by atoms with E-state index in [-0.39, 0.29) is 23.7 Å². The van der Waals surface area contributed by atoms with Crippen LogP contribution in [0.3, 0.4) is 0 Å². The maximum absolute atomic E-state index is 13.8. The van der Waals surface area contributed by atoms with Gasteiger partial charge in [0.25, 0.3) is 0 Å². The SMILES string of the molecule is O=C(O)c1ccc(Oc2ccc(CN3CCC(N4C(=O)N(CC5CCOCC5)CC4c4ccccc4)CC3)cn2)cc1. The summed E-state index contributed by atoms with van der Waals surface area (Å²) in [7, 11) is 0. The van der Waals surface area contributed by atoms with Gasteiger partial charge in [-0.2, -0.15) is 0 Å². The van der Waals surface area contributed by atoms with Gasteiger partial charge in [-0.05, 0) is 67.0 Å². The predicted molar refractivity (Wildman–Crippen MR) is 158 cm³/mol. The summed E-state index contributed by atoms with van der Waals surface area (Å²) in [5, 5.41) is 9.06. The van der Waals surface area contributed by atoms with Gasteiger partial charge in [0.2, 0.25) is 5.88 Å². The van der Waals surface area contributed by atoms with Gasteiger partial charge in [-0.3, -0.25) is 4.90 Å². The number of piperidine rings is 1. The number of amides is 2. The molecule has 9 nitrogen and oxygen atoms in total. The quantitative estimate of drug-likeness (QED) is 0.366. The summed E-state index contributed by atoms with van der Waals surface area (Å²) in [5.74, 6) is 0.553. The molecule has 0 radical (unpaired) electrons. The Morgan fingerprint density at radius 2 is 1.69 bits per heavy atom. The lowest BCUT2D eigenvalue weighted by atomic mass is 9.98. The minimum absolute atomic E-state index is 0.0900. The van der Waals surface area contributed by atoms with Gasteiger partial charge >= 0.3 is 12.0 Å². The molecule has 0 bridgehead atoms. The Balaban J connectivity index is 1.05. The number of carbonyl (C=O) groups is 2. The van der Waals surface area contributed by atoms with Crippen LogP contribution in [0.5, 0.6) is 11.6 Å². The molecule has 3 aliphatic rings. The number of hydrogen-bond donors (Lipinski definition) is 1. The minimum atomic E-state index is -0.969. The lowest BCUT2D eigenvalue weighted by molar-refractivity contribution is 0.0574. The van der Waals surface area contributed by atoms with E-state index in [2.05, 4.69) is 43.9 Å². The number of ether oxygens (including phenoxy) is 2. The molecule has 1 N–H and O–H groups in total. The highest BCUT2D eigenvalue weighted by atomic mass is 16.5. The van der Waals surface area contributed by atoms with E-state index >= 15 is 0 Å². The fraction of sp³-hybridized carbons (Fsp3) is 0.424. The van der Waals surface area contributed by atoms with Crippen LogP contribution in [0.1, 0.15) is 53.2 Å². The molecular formula is C33H38N4O5. The third kappa shape index (κ3) is 6.58. The predicted octanol–water partition coefficient (Wildman–Crippen LogP) is 5.44. The zero-order valence-electron chi connectivity index (χ0n) is 23.8. The number of carbonyl (C=O) groups excluding carboxylic acids is 1. The highest BCUT2D eigenvalue weighted by Gasteiger charge is 2.43. The number of aromatic carboxylic acids is 1. The van der Waals surface area contributed by atoms with Gasteiger partial charge in [-0.25, -0.2) is 14.6 Å². The van der Waals surface area contributed by atoms with Gasteiger partial charge in [-0.15, -0.1) is 0 Å². The van der Waals surface area contributed by atoms with Crippen LogP contribution in [0.15, 0.2) is 72.9 Å². The highest BCUT2D eigenvalue weighted by Crippen LogP contribution is 2.36.